The summed E-state index contributed by atoms with van der Waals surface area (Å²) in [5.41, 5.74) is -5.13. The van der Waals surface area contributed by atoms with Gasteiger partial charge < -0.3 is 24.8 Å². The molecule has 4 amide bonds. The van der Waals surface area contributed by atoms with Gasteiger partial charge in [0.2, 0.25) is 33.4 Å². The van der Waals surface area contributed by atoms with Gasteiger partial charge in [-0.2, -0.15) is 13.2 Å². The van der Waals surface area contributed by atoms with Gasteiger partial charge in [-0.25, -0.2) is 27.6 Å². The Labute approximate surface area is 339 Å². The maximum atomic E-state index is 15.1. The third-order valence-corrected chi connectivity index (χ3v) is 13.4. The number of amides is 4. The lowest BCUT2D eigenvalue weighted by atomic mass is 9.82. The van der Waals surface area contributed by atoms with Crippen LogP contribution in [0.5, 0.6) is 11.6 Å². The topological polar surface area (TPSA) is 197 Å². The molecule has 3 fully saturated rings. The molecule has 2 aliphatic carbocycles. The van der Waals surface area contributed by atoms with E-state index in [-0.39, 0.29) is 23.6 Å². The normalized spacial score (nSPS) is 28.1. The van der Waals surface area contributed by atoms with Crippen LogP contribution in [0.3, 0.4) is 0 Å². The summed E-state index contributed by atoms with van der Waals surface area (Å²) in [6, 6.07) is -1.12. The van der Waals surface area contributed by atoms with Crippen LogP contribution >= 0.6 is 0 Å². The molecule has 2 aliphatic heterocycles. The van der Waals surface area contributed by atoms with Crippen LogP contribution in [0.25, 0.3) is 11.0 Å². The number of benzene rings is 1. The van der Waals surface area contributed by atoms with E-state index in [2.05, 4.69) is 20.0 Å². The number of hydrogen-bond acceptors (Lipinski definition) is 10. The average molecular weight is 855 g/mol. The fraction of sp³-hybridized carbons (Fsp3) is 0.641. The molecule has 59 heavy (non-hydrogen) atoms. The molecule has 0 radical (unpaired) electrons. The minimum atomic E-state index is -5.15. The van der Waals surface area contributed by atoms with E-state index in [4.69, 9.17) is 9.47 Å². The van der Waals surface area contributed by atoms with Gasteiger partial charge in [-0.1, -0.05) is 32.4 Å². The average Bonchev–Trinajstić information content (AvgIpc) is 4.06. The molecule has 0 bridgehead atoms. The van der Waals surface area contributed by atoms with E-state index in [0.29, 0.717) is 38.5 Å². The Morgan fingerprint density at radius 3 is 2.37 bits per heavy atom. The summed E-state index contributed by atoms with van der Waals surface area (Å²) in [7, 11) is -2.89. The fourth-order valence-corrected chi connectivity index (χ4v) is 9.64. The van der Waals surface area contributed by atoms with E-state index >= 15 is 4.79 Å². The number of ether oxygens (including phenoxy) is 2. The van der Waals surface area contributed by atoms with Crippen LogP contribution < -0.4 is 19.5 Å². The number of halogens is 4. The summed E-state index contributed by atoms with van der Waals surface area (Å²) in [4.78, 5) is 66.2. The second kappa shape index (κ2) is 16.0. The van der Waals surface area contributed by atoms with E-state index in [1.807, 2.05) is 19.9 Å². The first-order valence-corrected chi connectivity index (χ1v) is 21.2. The zero-order valence-corrected chi connectivity index (χ0v) is 34.5. The highest BCUT2D eigenvalue weighted by molar-refractivity contribution is 7.91. The first-order valence-electron chi connectivity index (χ1n) is 19.7. The lowest BCUT2D eigenvalue weighted by molar-refractivity contribution is -0.146. The summed E-state index contributed by atoms with van der Waals surface area (Å²) >= 11 is 0. The van der Waals surface area contributed by atoms with Crippen LogP contribution in [0.15, 0.2) is 24.3 Å². The molecular formula is C39H50F4N6O9S. The number of nitrogens with zero attached hydrogens (tertiary/aromatic N) is 4. The predicted molar refractivity (Wildman–Crippen MR) is 204 cm³/mol. The summed E-state index contributed by atoms with van der Waals surface area (Å²) < 4.78 is 96.7. The number of nitrogens with one attached hydrogen (secondary N) is 2. The number of rotatable bonds is 8. The molecule has 324 valence electrons. The number of alkyl halides is 3. The van der Waals surface area contributed by atoms with E-state index in [9.17, 15) is 45.5 Å². The minimum absolute atomic E-state index is 0.0267. The summed E-state index contributed by atoms with van der Waals surface area (Å²) in [5.74, 6) is -6.23. The number of aromatic nitrogens is 2. The molecule has 2 saturated carbocycles. The summed E-state index contributed by atoms with van der Waals surface area (Å²) in [6.07, 6.45) is -2.08. The van der Waals surface area contributed by atoms with Gasteiger partial charge in [-0.3, -0.25) is 24.0 Å². The Hall–Kier alpha value is -4.75. The van der Waals surface area contributed by atoms with Gasteiger partial charge in [0.15, 0.2) is 11.6 Å². The molecule has 7 atom stereocenters. The van der Waals surface area contributed by atoms with Gasteiger partial charge in [0, 0.05) is 30.0 Å². The number of carbonyl (C=O) groups is 4. The van der Waals surface area contributed by atoms with Crippen molar-refractivity contribution in [3.05, 3.63) is 35.8 Å². The number of allylic oxidation sites excluding steroid dienone is 1. The fourth-order valence-electron chi connectivity index (χ4n) is 8.28. The van der Waals surface area contributed by atoms with Crippen LogP contribution in [0.2, 0.25) is 0 Å². The molecule has 15 nitrogen and oxygen atoms in total. The van der Waals surface area contributed by atoms with Crippen LogP contribution in [0.4, 0.5) is 22.4 Å². The lowest BCUT2D eigenvalue weighted by Gasteiger charge is -2.44. The Morgan fingerprint density at radius 2 is 1.78 bits per heavy atom. The maximum Gasteiger partial charge on any atom is 0.438 e. The monoisotopic (exact) mass is 854 g/mol. The molecule has 4 aliphatic rings. The Morgan fingerprint density at radius 1 is 1.10 bits per heavy atom. The third-order valence-electron chi connectivity index (χ3n) is 11.6. The molecular weight excluding hydrogens is 805 g/mol. The predicted octanol–water partition coefficient (Wildman–Crippen LogP) is 5.18. The number of fused-ring (bicyclic) bond motifs is 3. The van der Waals surface area contributed by atoms with Crippen LogP contribution in [-0.4, -0.2) is 105 Å². The van der Waals surface area contributed by atoms with Crippen molar-refractivity contribution in [2.45, 2.75) is 127 Å². The van der Waals surface area contributed by atoms with Gasteiger partial charge in [0.1, 0.15) is 23.7 Å². The van der Waals surface area contributed by atoms with Crippen LogP contribution in [0.1, 0.15) is 91.7 Å². The van der Waals surface area contributed by atoms with Gasteiger partial charge in [0.05, 0.1) is 29.9 Å². The van der Waals surface area contributed by atoms with E-state index in [0.717, 1.165) is 29.0 Å². The van der Waals surface area contributed by atoms with Gasteiger partial charge >= 0.3 is 12.3 Å². The van der Waals surface area contributed by atoms with Crippen molar-refractivity contribution in [3.8, 4) is 11.6 Å². The highest BCUT2D eigenvalue weighted by Gasteiger charge is 2.62. The minimum Gasteiger partial charge on any atom is -0.494 e. The number of hydrogen-bond donors (Lipinski definition) is 3. The molecule has 1 aromatic heterocycles. The maximum absolute atomic E-state index is 15.1. The zero-order chi connectivity index (χ0) is 43.4. The molecule has 3 N–H and O–H groups in total. The molecule has 2 aromatic rings. The molecule has 1 saturated heterocycles. The molecule has 0 unspecified atom stereocenters. The van der Waals surface area contributed by atoms with Crippen molar-refractivity contribution in [2.75, 3.05) is 13.7 Å². The SMILES string of the molecule is CC[C@@H]1C[C@H](C)CCC=C[C@@H]2C[C@@]2(C(=O)NS(=O)(=O)C2CC2)NC(=O)[C@@H]2C[C@@H](Oc3nc4cc(OC)c(F)cc4nc3C(F)(F)F)CN2C(=O)[C@H]1N(C(=O)O)C(C)(C)C. The van der Waals surface area contributed by atoms with Crippen molar-refractivity contribution < 1.29 is 59.7 Å². The van der Waals surface area contributed by atoms with Crippen LogP contribution in [0, 0.1) is 23.6 Å². The van der Waals surface area contributed by atoms with Gasteiger partial charge in [-0.15, -0.1) is 0 Å². The highest BCUT2D eigenvalue weighted by atomic mass is 32.2. The molecule has 3 heterocycles. The van der Waals surface area contributed by atoms with Gasteiger partial charge in [-0.05, 0) is 71.1 Å². The van der Waals surface area contributed by atoms with Crippen molar-refractivity contribution in [1.82, 2.24) is 29.8 Å². The van der Waals surface area contributed by atoms with E-state index in [1.54, 1.807) is 26.8 Å². The largest absolute Gasteiger partial charge is 0.494 e. The molecule has 6 rings (SSSR count). The zero-order valence-electron chi connectivity index (χ0n) is 33.6. The van der Waals surface area contributed by atoms with Crippen molar-refractivity contribution in [2.24, 2.45) is 17.8 Å². The summed E-state index contributed by atoms with van der Waals surface area (Å²) in [5, 5.41) is 12.6. The number of carboxylic acid groups (broad SMARTS) is 1. The third kappa shape index (κ3) is 9.06. The molecule has 20 heteroatoms. The Bertz CT molecular complexity index is 2140. The van der Waals surface area contributed by atoms with Gasteiger partial charge in [0.25, 0.3) is 5.91 Å². The first-order chi connectivity index (χ1) is 27.5. The number of methoxy groups -OCH3 is 1. The van der Waals surface area contributed by atoms with E-state index in [1.165, 1.54) is 0 Å². The van der Waals surface area contributed by atoms with Crippen molar-refractivity contribution in [3.63, 3.8) is 0 Å². The summed E-state index contributed by atoms with van der Waals surface area (Å²) in [6.45, 7) is 8.13. The van der Waals surface area contributed by atoms with E-state index < -0.39 is 122 Å². The standard InChI is InChI=1S/C39H50F4N6O9S/c1-7-21-14-20(2)10-8-9-11-22-18-38(22,35(52)47-59(55,56)24-12-13-24)46-32(50)28-15-23(19-48(28)34(51)30(21)49(36(53)54)37(3,4)5)58-33-31(39(41,42)43)44-26-16-25(40)29(57-6)17-27(26)45-33/h9,11,16-17,20-24,28,30H,7-8,10,12-15,18-19H2,1-6H3,(H,46,50)(H,47,52)(H,53,54)/t20-,21-,22-,23-,28+,30+,38-/m1/s1. The second-order valence-electron chi connectivity index (χ2n) is 17.1. The van der Waals surface area contributed by atoms with Crippen molar-refractivity contribution in [1.29, 1.82) is 0 Å². The van der Waals surface area contributed by atoms with Crippen LogP contribution in [-0.2, 0) is 30.6 Å². The van der Waals surface area contributed by atoms with Crippen molar-refractivity contribution >= 4 is 44.9 Å². The molecule has 1 aromatic carbocycles. The molecule has 0 spiro atoms. The Kier molecular flexibility index (Phi) is 11.9. The Balaban J connectivity index is 1.44. The number of sulfonamides is 1. The number of carbonyl (C=O) groups excluding carboxylic acids is 3. The highest BCUT2D eigenvalue weighted by Crippen LogP contribution is 2.47. The first kappa shape index (κ1) is 43.8. The quantitative estimate of drug-likeness (QED) is 0.234. The smallest absolute Gasteiger partial charge is 0.438 e. The lowest BCUT2D eigenvalue weighted by Crippen LogP contribution is -2.62. The second-order valence-corrected chi connectivity index (χ2v) is 19.0.